The molecule has 1 aromatic rings. The van der Waals surface area contributed by atoms with Crippen molar-refractivity contribution in [2.45, 2.75) is 57.0 Å². The number of benzene rings is 1. The summed E-state index contributed by atoms with van der Waals surface area (Å²) < 4.78 is 5.87. The molecule has 3 aliphatic rings. The molecule has 4 nitrogen and oxygen atoms in total. The molecule has 3 fully saturated rings. The average Bonchev–Trinajstić information content (AvgIpc) is 3.17. The summed E-state index contributed by atoms with van der Waals surface area (Å²) in [5, 5.41) is 10.6. The summed E-state index contributed by atoms with van der Waals surface area (Å²) in [7, 11) is 2.15. The fourth-order valence-corrected chi connectivity index (χ4v) is 5.27. The normalized spacial score (nSPS) is 29.9. The summed E-state index contributed by atoms with van der Waals surface area (Å²) in [5.41, 5.74) is 1.73. The molecule has 2 aliphatic carbocycles. The average molecular weight is 343 g/mol. The van der Waals surface area contributed by atoms with Crippen molar-refractivity contribution in [1.29, 1.82) is 0 Å². The molecule has 0 aromatic heterocycles. The van der Waals surface area contributed by atoms with Gasteiger partial charge in [0.05, 0.1) is 6.42 Å². The van der Waals surface area contributed by atoms with Crippen molar-refractivity contribution in [3.63, 3.8) is 0 Å². The zero-order valence-electron chi connectivity index (χ0n) is 15.1. The number of aromatic hydroxyl groups is 1. The van der Waals surface area contributed by atoms with Gasteiger partial charge in [0.2, 0.25) is 0 Å². The molecular formula is C21H29NO3. The number of para-hydroxylation sites is 1. The third-order valence-electron chi connectivity index (χ3n) is 6.48. The second-order valence-corrected chi connectivity index (χ2v) is 8.29. The Kier molecular flexibility index (Phi) is 4.72. The van der Waals surface area contributed by atoms with Gasteiger partial charge in [-0.2, -0.15) is 0 Å². The second kappa shape index (κ2) is 6.99. The second-order valence-electron chi connectivity index (χ2n) is 8.29. The number of hydrogen-bond acceptors (Lipinski definition) is 4. The number of likely N-dealkylation sites (tertiary alicyclic amines) is 1. The van der Waals surface area contributed by atoms with Gasteiger partial charge in [-0.1, -0.05) is 31.0 Å². The number of carbonyl (C=O) groups is 1. The molecular weight excluding hydrogens is 314 g/mol. The minimum atomic E-state index is -0.190. The molecule has 1 aromatic carbocycles. The maximum absolute atomic E-state index is 12.5. The van der Waals surface area contributed by atoms with Gasteiger partial charge in [-0.3, -0.25) is 4.79 Å². The predicted octanol–water partition coefficient (Wildman–Crippen LogP) is 3.48. The van der Waals surface area contributed by atoms with Crippen LogP contribution in [0.15, 0.2) is 18.2 Å². The first-order chi connectivity index (χ1) is 12.1. The maximum Gasteiger partial charge on any atom is 0.310 e. The molecule has 2 unspecified atom stereocenters. The van der Waals surface area contributed by atoms with Crippen LogP contribution in [0.25, 0.3) is 0 Å². The van der Waals surface area contributed by atoms with Crippen LogP contribution in [-0.2, 0) is 16.0 Å². The predicted molar refractivity (Wildman–Crippen MR) is 96.6 cm³/mol. The lowest BCUT2D eigenvalue weighted by molar-refractivity contribution is -0.155. The van der Waals surface area contributed by atoms with Gasteiger partial charge in [-0.15, -0.1) is 0 Å². The van der Waals surface area contributed by atoms with Crippen LogP contribution < -0.4 is 0 Å². The standard InChI is InChI=1S/C21H29NO3/c1-22-12-16-9-10-17(13-22)21(16)25-19(23)11-15-7-4-8-18(20(15)24)14-5-2-3-6-14/h4,7-8,14,16-17,21,24H,2-3,5-6,9-13H2,1H3. The number of carbonyl (C=O) groups excluding carboxylic acids is 1. The Morgan fingerprint density at radius 2 is 1.84 bits per heavy atom. The minimum Gasteiger partial charge on any atom is -0.507 e. The van der Waals surface area contributed by atoms with E-state index in [-0.39, 0.29) is 18.5 Å². The Morgan fingerprint density at radius 3 is 2.52 bits per heavy atom. The van der Waals surface area contributed by atoms with Gasteiger partial charge in [0.1, 0.15) is 11.9 Å². The summed E-state index contributed by atoms with van der Waals surface area (Å²) in [5.74, 6) is 1.53. The number of rotatable bonds is 4. The van der Waals surface area contributed by atoms with Gasteiger partial charge in [0, 0.05) is 30.5 Å². The first-order valence-electron chi connectivity index (χ1n) is 9.80. The molecule has 25 heavy (non-hydrogen) atoms. The van der Waals surface area contributed by atoms with E-state index in [2.05, 4.69) is 11.9 Å². The van der Waals surface area contributed by atoms with Crippen LogP contribution in [0.5, 0.6) is 5.75 Å². The highest BCUT2D eigenvalue weighted by Crippen LogP contribution is 2.41. The third kappa shape index (κ3) is 3.41. The number of esters is 1. The number of phenols is 1. The molecule has 136 valence electrons. The summed E-state index contributed by atoms with van der Waals surface area (Å²) in [6, 6.07) is 5.84. The lowest BCUT2D eigenvalue weighted by Gasteiger charge is -2.35. The lowest BCUT2D eigenvalue weighted by atomic mass is 9.93. The van der Waals surface area contributed by atoms with Crippen molar-refractivity contribution in [3.8, 4) is 5.75 Å². The van der Waals surface area contributed by atoms with Crippen molar-refractivity contribution < 1.29 is 14.6 Å². The van der Waals surface area contributed by atoms with E-state index >= 15 is 0 Å². The first-order valence-corrected chi connectivity index (χ1v) is 9.80. The Morgan fingerprint density at radius 1 is 1.16 bits per heavy atom. The molecule has 4 rings (SSSR count). The quantitative estimate of drug-likeness (QED) is 0.851. The SMILES string of the molecule is CN1CC2CCC(C1)C2OC(=O)Cc1cccc(C2CCCC2)c1O. The summed E-state index contributed by atoms with van der Waals surface area (Å²) >= 11 is 0. The fourth-order valence-electron chi connectivity index (χ4n) is 5.27. The molecule has 1 heterocycles. The molecule has 1 aliphatic heterocycles. The first kappa shape index (κ1) is 16.9. The van der Waals surface area contributed by atoms with Gasteiger partial charge in [0.15, 0.2) is 0 Å². The number of piperidine rings is 1. The summed E-state index contributed by atoms with van der Waals surface area (Å²) in [6.07, 6.45) is 7.32. The Labute approximate surface area is 150 Å². The van der Waals surface area contributed by atoms with Crippen LogP contribution in [0.4, 0.5) is 0 Å². The van der Waals surface area contributed by atoms with E-state index in [4.69, 9.17) is 4.74 Å². The van der Waals surface area contributed by atoms with Crippen molar-refractivity contribution in [2.24, 2.45) is 11.8 Å². The molecule has 0 radical (unpaired) electrons. The van der Waals surface area contributed by atoms with Gasteiger partial charge in [-0.05, 0) is 44.2 Å². The van der Waals surface area contributed by atoms with E-state index in [1.165, 1.54) is 12.8 Å². The zero-order chi connectivity index (χ0) is 17.4. The van der Waals surface area contributed by atoms with E-state index in [1.807, 2.05) is 18.2 Å². The summed E-state index contributed by atoms with van der Waals surface area (Å²) in [4.78, 5) is 14.9. The number of fused-ring (bicyclic) bond motifs is 2. The Hall–Kier alpha value is -1.55. The van der Waals surface area contributed by atoms with Crippen molar-refractivity contribution >= 4 is 5.97 Å². The maximum atomic E-state index is 12.5. The number of ether oxygens (including phenoxy) is 1. The van der Waals surface area contributed by atoms with E-state index in [1.54, 1.807) is 0 Å². The van der Waals surface area contributed by atoms with Crippen LogP contribution in [0.2, 0.25) is 0 Å². The Bertz CT molecular complexity index is 624. The monoisotopic (exact) mass is 343 g/mol. The fraction of sp³-hybridized carbons (Fsp3) is 0.667. The van der Waals surface area contributed by atoms with Crippen LogP contribution in [-0.4, -0.2) is 42.2 Å². The molecule has 0 spiro atoms. The molecule has 2 saturated carbocycles. The van der Waals surface area contributed by atoms with Crippen molar-refractivity contribution in [3.05, 3.63) is 29.3 Å². The zero-order valence-corrected chi connectivity index (χ0v) is 15.1. The number of hydrogen-bond donors (Lipinski definition) is 1. The minimum absolute atomic E-state index is 0.0730. The highest BCUT2D eigenvalue weighted by atomic mass is 16.5. The molecule has 2 bridgehead atoms. The van der Waals surface area contributed by atoms with Crippen LogP contribution in [0, 0.1) is 11.8 Å². The van der Waals surface area contributed by atoms with Gasteiger partial charge >= 0.3 is 5.97 Å². The van der Waals surface area contributed by atoms with Crippen molar-refractivity contribution in [2.75, 3.05) is 20.1 Å². The van der Waals surface area contributed by atoms with E-state index < -0.39 is 0 Å². The number of phenolic OH excluding ortho intramolecular Hbond substituents is 1. The lowest BCUT2D eigenvalue weighted by Crippen LogP contribution is -2.44. The van der Waals surface area contributed by atoms with E-state index in [9.17, 15) is 9.90 Å². The van der Waals surface area contributed by atoms with E-state index in [0.717, 1.165) is 49.9 Å². The van der Waals surface area contributed by atoms with E-state index in [0.29, 0.717) is 23.5 Å². The van der Waals surface area contributed by atoms with Crippen LogP contribution in [0.3, 0.4) is 0 Å². The third-order valence-corrected chi connectivity index (χ3v) is 6.48. The van der Waals surface area contributed by atoms with Gasteiger partial charge in [0.25, 0.3) is 0 Å². The topological polar surface area (TPSA) is 49.8 Å². The molecule has 4 heteroatoms. The summed E-state index contributed by atoms with van der Waals surface area (Å²) in [6.45, 7) is 2.05. The van der Waals surface area contributed by atoms with Gasteiger partial charge in [-0.25, -0.2) is 0 Å². The molecule has 1 N–H and O–H groups in total. The highest BCUT2D eigenvalue weighted by Gasteiger charge is 2.43. The Balaban J connectivity index is 1.42. The largest absolute Gasteiger partial charge is 0.507 e. The molecule has 0 amide bonds. The van der Waals surface area contributed by atoms with Crippen molar-refractivity contribution in [1.82, 2.24) is 4.90 Å². The van der Waals surface area contributed by atoms with Crippen LogP contribution in [0.1, 0.15) is 55.6 Å². The smallest absolute Gasteiger partial charge is 0.310 e. The van der Waals surface area contributed by atoms with Gasteiger partial charge < -0.3 is 14.7 Å². The number of nitrogens with zero attached hydrogens (tertiary/aromatic N) is 1. The van der Waals surface area contributed by atoms with Crippen LogP contribution >= 0.6 is 0 Å². The molecule has 2 atom stereocenters. The molecule has 1 saturated heterocycles. The highest BCUT2D eigenvalue weighted by molar-refractivity contribution is 5.74.